The van der Waals surface area contributed by atoms with Crippen molar-refractivity contribution >= 4 is 45.7 Å². The van der Waals surface area contributed by atoms with Crippen LogP contribution in [0.15, 0.2) is 48.5 Å². The first-order valence-electron chi connectivity index (χ1n) is 9.24. The van der Waals surface area contributed by atoms with Gasteiger partial charge in [-0.15, -0.1) is 10.2 Å². The van der Waals surface area contributed by atoms with Crippen LogP contribution in [0.2, 0.25) is 5.02 Å². The average molecular weight is 446 g/mol. The van der Waals surface area contributed by atoms with Crippen LogP contribution in [0.1, 0.15) is 12.8 Å². The topological polar surface area (TPSA) is 87.2 Å². The molecule has 3 amide bonds. The summed E-state index contributed by atoms with van der Waals surface area (Å²) in [6, 6.07) is 11.9. The molecule has 2 heterocycles. The zero-order chi connectivity index (χ0) is 21.1. The van der Waals surface area contributed by atoms with Crippen LogP contribution in [0.5, 0.6) is 0 Å². The number of hydrogen-bond donors (Lipinski definition) is 2. The molecule has 1 saturated heterocycles. The van der Waals surface area contributed by atoms with E-state index in [0.717, 1.165) is 5.56 Å². The summed E-state index contributed by atoms with van der Waals surface area (Å²) in [6.07, 6.45) is 1.18. The molecule has 1 fully saturated rings. The molecule has 2 aromatic carbocycles. The summed E-state index contributed by atoms with van der Waals surface area (Å²) in [5.41, 5.74) is 0.871. The molecular weight excluding hydrogens is 429 g/mol. The Labute approximate surface area is 180 Å². The van der Waals surface area contributed by atoms with Crippen LogP contribution >= 0.6 is 22.9 Å². The van der Waals surface area contributed by atoms with E-state index in [2.05, 4.69) is 20.8 Å². The van der Waals surface area contributed by atoms with Gasteiger partial charge in [-0.2, -0.15) is 0 Å². The second-order valence-corrected chi connectivity index (χ2v) is 8.09. The molecule has 0 spiro atoms. The van der Waals surface area contributed by atoms with Gasteiger partial charge in [0, 0.05) is 17.1 Å². The van der Waals surface area contributed by atoms with Crippen molar-refractivity contribution in [2.75, 3.05) is 17.2 Å². The number of carbonyl (C=O) groups excluding carboxylic acids is 2. The van der Waals surface area contributed by atoms with Gasteiger partial charge in [-0.1, -0.05) is 47.2 Å². The fraction of sp³-hybridized carbons (Fsp3) is 0.200. The highest BCUT2D eigenvalue weighted by Crippen LogP contribution is 2.29. The number of hydrogen-bond acceptors (Lipinski definition) is 5. The molecule has 1 atom stereocenters. The maximum atomic E-state index is 13.8. The van der Waals surface area contributed by atoms with Crippen LogP contribution in [-0.2, 0) is 4.79 Å². The molecule has 0 saturated carbocycles. The highest BCUT2D eigenvalue weighted by molar-refractivity contribution is 7.18. The number of anilines is 2. The van der Waals surface area contributed by atoms with Gasteiger partial charge in [0.2, 0.25) is 11.0 Å². The summed E-state index contributed by atoms with van der Waals surface area (Å²) >= 11 is 7.22. The van der Waals surface area contributed by atoms with E-state index in [1.54, 1.807) is 18.2 Å². The molecule has 0 radical (unpaired) electrons. The monoisotopic (exact) mass is 445 g/mol. The van der Waals surface area contributed by atoms with Crippen molar-refractivity contribution in [3.8, 4) is 10.6 Å². The van der Waals surface area contributed by atoms with Crippen molar-refractivity contribution in [1.82, 2.24) is 15.1 Å². The Morgan fingerprint density at radius 1 is 1.13 bits per heavy atom. The number of urea groups is 1. The lowest BCUT2D eigenvalue weighted by Gasteiger charge is -2.23. The van der Waals surface area contributed by atoms with Crippen LogP contribution in [0, 0.1) is 5.82 Å². The first kappa shape index (κ1) is 20.2. The lowest BCUT2D eigenvalue weighted by Crippen LogP contribution is -2.45. The van der Waals surface area contributed by atoms with E-state index >= 15 is 0 Å². The number of halogens is 2. The van der Waals surface area contributed by atoms with Gasteiger partial charge in [-0.3, -0.25) is 10.1 Å². The van der Waals surface area contributed by atoms with Crippen molar-refractivity contribution < 1.29 is 14.0 Å². The van der Waals surface area contributed by atoms with Gasteiger partial charge >= 0.3 is 6.03 Å². The highest BCUT2D eigenvalue weighted by atomic mass is 35.5. The lowest BCUT2D eigenvalue weighted by molar-refractivity contribution is -0.119. The molecule has 1 unspecified atom stereocenters. The Bertz CT molecular complexity index is 1090. The number of para-hydroxylation sites is 1. The zero-order valence-electron chi connectivity index (χ0n) is 15.6. The molecule has 10 heteroatoms. The van der Waals surface area contributed by atoms with Crippen molar-refractivity contribution in [1.29, 1.82) is 0 Å². The highest BCUT2D eigenvalue weighted by Gasteiger charge is 2.35. The normalized spacial score (nSPS) is 15.8. The Morgan fingerprint density at radius 2 is 1.97 bits per heavy atom. The van der Waals surface area contributed by atoms with Crippen LogP contribution in [0.25, 0.3) is 10.6 Å². The molecule has 1 aromatic heterocycles. The van der Waals surface area contributed by atoms with Gasteiger partial charge < -0.3 is 10.2 Å². The third-order valence-corrected chi connectivity index (χ3v) is 5.78. The molecule has 3 aromatic rings. The summed E-state index contributed by atoms with van der Waals surface area (Å²) in [7, 11) is 0. The van der Waals surface area contributed by atoms with Crippen LogP contribution in [-0.4, -0.2) is 39.6 Å². The van der Waals surface area contributed by atoms with Crippen LogP contribution in [0.4, 0.5) is 20.0 Å². The van der Waals surface area contributed by atoms with E-state index in [0.29, 0.717) is 34.5 Å². The van der Waals surface area contributed by atoms with Crippen molar-refractivity contribution in [3.63, 3.8) is 0 Å². The van der Waals surface area contributed by atoms with E-state index < -0.39 is 17.9 Å². The van der Waals surface area contributed by atoms with Gasteiger partial charge in [-0.25, -0.2) is 9.18 Å². The van der Waals surface area contributed by atoms with Crippen molar-refractivity contribution in [2.45, 2.75) is 18.9 Å². The maximum absolute atomic E-state index is 13.8. The van der Waals surface area contributed by atoms with E-state index in [9.17, 15) is 14.0 Å². The number of nitrogens with zero attached hydrogens (tertiary/aromatic N) is 3. The summed E-state index contributed by atoms with van der Waals surface area (Å²) in [6.45, 7) is 0.405. The molecule has 0 aliphatic carbocycles. The minimum atomic E-state index is -0.671. The van der Waals surface area contributed by atoms with Gasteiger partial charge in [-0.05, 0) is 37.1 Å². The number of rotatable bonds is 4. The Morgan fingerprint density at radius 3 is 2.77 bits per heavy atom. The van der Waals surface area contributed by atoms with Crippen molar-refractivity contribution in [2.24, 2.45) is 0 Å². The van der Waals surface area contributed by atoms with Gasteiger partial charge in [0.25, 0.3) is 0 Å². The fourth-order valence-corrected chi connectivity index (χ4v) is 4.17. The van der Waals surface area contributed by atoms with Gasteiger partial charge in [0.15, 0.2) is 0 Å². The average Bonchev–Trinajstić information content (AvgIpc) is 3.39. The molecule has 30 heavy (non-hydrogen) atoms. The standard InChI is InChI=1S/C20H17ClFN5O2S/c21-13-6-3-5-12(11-13)18-25-26-19(30-18)24-17(28)16-9-4-10-27(16)20(29)23-15-8-2-1-7-14(15)22/h1-3,5-8,11,16H,4,9-10H2,(H,23,29)(H,24,26,28). The lowest BCUT2D eigenvalue weighted by atomic mass is 10.2. The minimum absolute atomic E-state index is 0.0730. The van der Waals surface area contributed by atoms with E-state index in [4.69, 9.17) is 11.6 Å². The quantitative estimate of drug-likeness (QED) is 0.612. The first-order valence-corrected chi connectivity index (χ1v) is 10.4. The summed E-state index contributed by atoms with van der Waals surface area (Å²) in [5.74, 6) is -0.890. The zero-order valence-corrected chi connectivity index (χ0v) is 17.2. The van der Waals surface area contributed by atoms with Gasteiger partial charge in [0.1, 0.15) is 16.9 Å². The predicted octanol–water partition coefficient (Wildman–Crippen LogP) is 4.63. The number of benzene rings is 2. The molecular formula is C20H17ClFN5O2S. The van der Waals surface area contributed by atoms with E-state index in [1.165, 1.54) is 34.4 Å². The third kappa shape index (κ3) is 4.42. The largest absolute Gasteiger partial charge is 0.322 e. The van der Waals surface area contributed by atoms with Crippen LogP contribution < -0.4 is 10.6 Å². The van der Waals surface area contributed by atoms with Crippen LogP contribution in [0.3, 0.4) is 0 Å². The Kier molecular flexibility index (Phi) is 5.91. The second kappa shape index (κ2) is 8.76. The summed E-state index contributed by atoms with van der Waals surface area (Å²) < 4.78 is 13.8. The Balaban J connectivity index is 1.43. The number of nitrogens with one attached hydrogen (secondary N) is 2. The van der Waals surface area contributed by atoms with E-state index in [-0.39, 0.29) is 11.6 Å². The molecule has 2 N–H and O–H groups in total. The molecule has 7 nitrogen and oxygen atoms in total. The minimum Gasteiger partial charge on any atom is -0.312 e. The third-order valence-electron chi connectivity index (χ3n) is 4.66. The fourth-order valence-electron chi connectivity index (χ4n) is 3.23. The predicted molar refractivity (Wildman–Crippen MR) is 114 cm³/mol. The number of carbonyl (C=O) groups is 2. The van der Waals surface area contributed by atoms with Crippen molar-refractivity contribution in [3.05, 3.63) is 59.4 Å². The number of amides is 3. The van der Waals surface area contributed by atoms with E-state index in [1.807, 2.05) is 12.1 Å². The maximum Gasteiger partial charge on any atom is 0.322 e. The molecule has 154 valence electrons. The second-order valence-electron chi connectivity index (χ2n) is 6.67. The first-order chi connectivity index (χ1) is 14.5. The smallest absolute Gasteiger partial charge is 0.312 e. The van der Waals surface area contributed by atoms with Gasteiger partial charge in [0.05, 0.1) is 5.69 Å². The number of aromatic nitrogens is 2. The summed E-state index contributed by atoms with van der Waals surface area (Å²) in [4.78, 5) is 26.7. The molecule has 1 aliphatic rings. The number of likely N-dealkylation sites (tertiary alicyclic amines) is 1. The molecule has 4 rings (SSSR count). The molecule has 0 bridgehead atoms. The SMILES string of the molecule is O=C(Nc1nnc(-c2cccc(Cl)c2)s1)C1CCCN1C(=O)Nc1ccccc1F. The summed E-state index contributed by atoms with van der Waals surface area (Å²) in [5, 5.41) is 14.9. The Hall–Kier alpha value is -3.04. The molecule has 1 aliphatic heterocycles.